The number of rotatable bonds is 8. The lowest BCUT2D eigenvalue weighted by Gasteiger charge is -2.24. The summed E-state index contributed by atoms with van der Waals surface area (Å²) in [7, 11) is 3.02. The minimum Gasteiger partial charge on any atom is -0.493 e. The molecule has 1 amide bonds. The maximum absolute atomic E-state index is 12.6. The quantitative estimate of drug-likeness (QED) is 0.663. The largest absolute Gasteiger partial charge is 0.493 e. The van der Waals surface area contributed by atoms with Crippen LogP contribution >= 0.6 is 0 Å². The molecule has 0 aliphatic carbocycles. The Morgan fingerprint density at radius 1 is 1.24 bits per heavy atom. The third kappa shape index (κ3) is 6.33. The number of nitrogens with zero attached hydrogens (tertiary/aromatic N) is 2. The highest BCUT2D eigenvalue weighted by molar-refractivity contribution is 5.77. The van der Waals surface area contributed by atoms with Crippen LogP contribution < -0.4 is 14.2 Å². The zero-order chi connectivity index (χ0) is 18.4. The number of benzene rings is 1. The monoisotopic (exact) mass is 362 g/mol. The van der Waals surface area contributed by atoms with E-state index in [1.807, 2.05) is 0 Å². The Hall–Kier alpha value is -2.16. The van der Waals surface area contributed by atoms with Gasteiger partial charge in [0.15, 0.2) is 11.5 Å². The second kappa shape index (κ2) is 8.28. The first-order chi connectivity index (χ1) is 11.7. The lowest BCUT2D eigenvalue weighted by atomic mass is 10.3. The average molecular weight is 362 g/mol. The van der Waals surface area contributed by atoms with Gasteiger partial charge in [-0.1, -0.05) is 0 Å². The number of alkyl halides is 3. The van der Waals surface area contributed by atoms with Crippen molar-refractivity contribution in [2.45, 2.75) is 12.6 Å². The Kier molecular flexibility index (Phi) is 6.35. The molecule has 0 N–H and O–H groups in total. The number of hydrogen-bond acceptors (Lipinski definition) is 5. The van der Waals surface area contributed by atoms with Crippen molar-refractivity contribution >= 4 is 5.91 Å². The van der Waals surface area contributed by atoms with Crippen molar-refractivity contribution in [2.24, 2.45) is 0 Å². The van der Waals surface area contributed by atoms with Gasteiger partial charge < -0.3 is 19.1 Å². The number of amides is 1. The molecule has 1 aliphatic heterocycles. The molecular formula is C16H21F3N2O4. The minimum atomic E-state index is -4.36. The van der Waals surface area contributed by atoms with Crippen LogP contribution in [0, 0.1) is 0 Å². The first kappa shape index (κ1) is 19.2. The fourth-order valence-electron chi connectivity index (χ4n) is 2.25. The van der Waals surface area contributed by atoms with E-state index in [4.69, 9.17) is 14.2 Å². The molecule has 0 saturated carbocycles. The topological polar surface area (TPSA) is 51.2 Å². The molecule has 0 radical (unpaired) electrons. The summed E-state index contributed by atoms with van der Waals surface area (Å²) >= 11 is 0. The van der Waals surface area contributed by atoms with Gasteiger partial charge in [0.1, 0.15) is 5.75 Å². The smallest absolute Gasteiger partial charge is 0.401 e. The molecular weight excluding hydrogens is 341 g/mol. The number of halogens is 3. The molecule has 1 heterocycles. The molecule has 1 aromatic carbocycles. The van der Waals surface area contributed by atoms with Crippen LogP contribution in [0.15, 0.2) is 18.2 Å². The summed E-state index contributed by atoms with van der Waals surface area (Å²) in [6, 6.07) is 5.09. The minimum absolute atomic E-state index is 0.101. The fraction of sp³-hybridized carbons (Fsp3) is 0.562. The molecule has 0 fully saturated rings. The highest BCUT2D eigenvalue weighted by Crippen LogP contribution is 2.35. The molecule has 0 unspecified atom stereocenters. The van der Waals surface area contributed by atoms with Crippen LogP contribution in [0.3, 0.4) is 0 Å². The summed E-state index contributed by atoms with van der Waals surface area (Å²) in [5.41, 5.74) is 0. The third-order valence-corrected chi connectivity index (χ3v) is 3.49. The number of carbonyl (C=O) groups excluding carboxylic acids is 1. The molecule has 0 spiro atoms. The van der Waals surface area contributed by atoms with E-state index in [0.29, 0.717) is 23.7 Å². The SMILES string of the molecule is CN(C)C(=O)CN(CCCOc1ccc2c(c1)OCO2)CC(F)(F)F. The van der Waals surface area contributed by atoms with Crippen molar-refractivity contribution in [3.63, 3.8) is 0 Å². The number of hydrogen-bond donors (Lipinski definition) is 0. The van der Waals surface area contributed by atoms with Crippen molar-refractivity contribution in [1.29, 1.82) is 0 Å². The van der Waals surface area contributed by atoms with Gasteiger partial charge in [-0.15, -0.1) is 0 Å². The van der Waals surface area contributed by atoms with Crippen molar-refractivity contribution < 1.29 is 32.2 Å². The highest BCUT2D eigenvalue weighted by Gasteiger charge is 2.31. The predicted octanol–water partition coefficient (Wildman–Crippen LogP) is 2.14. The van der Waals surface area contributed by atoms with Gasteiger partial charge in [0.2, 0.25) is 12.7 Å². The van der Waals surface area contributed by atoms with E-state index < -0.39 is 12.7 Å². The second-order valence-corrected chi connectivity index (χ2v) is 5.83. The molecule has 0 saturated heterocycles. The van der Waals surface area contributed by atoms with E-state index >= 15 is 0 Å². The Morgan fingerprint density at radius 3 is 2.64 bits per heavy atom. The van der Waals surface area contributed by atoms with Gasteiger partial charge in [0.25, 0.3) is 0 Å². The van der Waals surface area contributed by atoms with E-state index in [1.165, 1.54) is 19.0 Å². The van der Waals surface area contributed by atoms with Crippen LogP contribution in [0.5, 0.6) is 17.2 Å². The Labute approximate surface area is 144 Å². The molecule has 1 aliphatic rings. The molecule has 6 nitrogen and oxygen atoms in total. The van der Waals surface area contributed by atoms with Gasteiger partial charge in [-0.2, -0.15) is 13.2 Å². The fourth-order valence-corrected chi connectivity index (χ4v) is 2.25. The van der Waals surface area contributed by atoms with E-state index in [-0.39, 0.29) is 32.4 Å². The van der Waals surface area contributed by atoms with Crippen LogP contribution in [0.1, 0.15) is 6.42 Å². The standard InChI is InChI=1S/C16H21F3N2O4/c1-20(2)15(22)9-21(10-16(17,18)19)6-3-7-23-12-4-5-13-14(8-12)25-11-24-13/h4-5,8H,3,6-7,9-11H2,1-2H3. The zero-order valence-electron chi connectivity index (χ0n) is 14.1. The number of likely N-dealkylation sites (N-methyl/N-ethyl adjacent to an activating group) is 1. The predicted molar refractivity (Wildman–Crippen MR) is 83.9 cm³/mol. The summed E-state index contributed by atoms with van der Waals surface area (Å²) in [6.07, 6.45) is -4.00. The van der Waals surface area contributed by atoms with Crippen LogP contribution in [-0.4, -0.2) is 69.0 Å². The van der Waals surface area contributed by atoms with E-state index in [9.17, 15) is 18.0 Å². The van der Waals surface area contributed by atoms with E-state index in [1.54, 1.807) is 18.2 Å². The van der Waals surface area contributed by atoms with Crippen molar-refractivity contribution in [3.8, 4) is 17.2 Å². The highest BCUT2D eigenvalue weighted by atomic mass is 19.4. The summed E-state index contributed by atoms with van der Waals surface area (Å²) in [4.78, 5) is 14.0. The first-order valence-electron chi connectivity index (χ1n) is 7.76. The number of ether oxygens (including phenoxy) is 3. The van der Waals surface area contributed by atoms with Gasteiger partial charge in [-0.25, -0.2) is 0 Å². The summed E-state index contributed by atoms with van der Waals surface area (Å²) in [6.45, 7) is -0.925. The van der Waals surface area contributed by atoms with Crippen molar-refractivity contribution in [1.82, 2.24) is 9.80 Å². The van der Waals surface area contributed by atoms with Gasteiger partial charge in [0.05, 0.1) is 19.7 Å². The molecule has 0 atom stereocenters. The Bertz CT molecular complexity index is 593. The summed E-state index contributed by atoms with van der Waals surface area (Å²) in [5.74, 6) is 1.38. The summed E-state index contributed by atoms with van der Waals surface area (Å²) < 4.78 is 53.8. The molecule has 1 aromatic rings. The van der Waals surface area contributed by atoms with Crippen LogP contribution in [0.4, 0.5) is 13.2 Å². The first-order valence-corrected chi connectivity index (χ1v) is 7.76. The van der Waals surface area contributed by atoms with Crippen LogP contribution in [-0.2, 0) is 4.79 Å². The number of fused-ring (bicyclic) bond motifs is 1. The maximum atomic E-state index is 12.6. The lowest BCUT2D eigenvalue weighted by Crippen LogP contribution is -2.42. The molecule has 140 valence electrons. The number of carbonyl (C=O) groups is 1. The van der Waals surface area contributed by atoms with Crippen molar-refractivity contribution in [2.75, 3.05) is 47.1 Å². The second-order valence-electron chi connectivity index (χ2n) is 5.83. The van der Waals surface area contributed by atoms with Crippen molar-refractivity contribution in [3.05, 3.63) is 18.2 Å². The lowest BCUT2D eigenvalue weighted by molar-refractivity contribution is -0.151. The molecule has 2 rings (SSSR count). The molecule has 25 heavy (non-hydrogen) atoms. The summed E-state index contributed by atoms with van der Waals surface area (Å²) in [5, 5.41) is 0. The Morgan fingerprint density at radius 2 is 1.96 bits per heavy atom. The average Bonchev–Trinajstić information content (AvgIpc) is 2.97. The van der Waals surface area contributed by atoms with E-state index in [2.05, 4.69) is 0 Å². The van der Waals surface area contributed by atoms with Gasteiger partial charge >= 0.3 is 6.18 Å². The molecule has 0 aromatic heterocycles. The van der Waals surface area contributed by atoms with Gasteiger partial charge in [-0.3, -0.25) is 9.69 Å². The maximum Gasteiger partial charge on any atom is 0.401 e. The van der Waals surface area contributed by atoms with E-state index in [0.717, 1.165) is 4.90 Å². The molecule has 0 bridgehead atoms. The third-order valence-electron chi connectivity index (χ3n) is 3.49. The van der Waals surface area contributed by atoms with Gasteiger partial charge in [-0.05, 0) is 18.6 Å². The van der Waals surface area contributed by atoms with Crippen LogP contribution in [0.2, 0.25) is 0 Å². The van der Waals surface area contributed by atoms with Crippen LogP contribution in [0.25, 0.3) is 0 Å². The normalized spacial score (nSPS) is 13.2. The zero-order valence-corrected chi connectivity index (χ0v) is 14.1. The Balaban J connectivity index is 1.80. The van der Waals surface area contributed by atoms with Gasteiger partial charge in [0, 0.05) is 26.7 Å². The molecule has 9 heteroatoms.